The van der Waals surface area contributed by atoms with Crippen LogP contribution in [0.2, 0.25) is 0 Å². The van der Waals surface area contributed by atoms with Gasteiger partial charge in [-0.3, -0.25) is 4.79 Å². The van der Waals surface area contributed by atoms with Crippen LogP contribution in [0.5, 0.6) is 11.5 Å². The number of carbonyl (C=O) groups excluding carboxylic acids is 1. The first kappa shape index (κ1) is 19.0. The number of benzene rings is 2. The standard InChI is InChI=1S/C18H21N3O5S/c1-20(2)27(23,24)21(15-6-4-3-5-7-15)12-18(22)19-11-14-8-9-16-17(10-14)26-13-25-16/h3-10H,11-13H2,1-2H3,(H,19,22). The molecule has 0 bridgehead atoms. The Balaban J connectivity index is 1.69. The monoisotopic (exact) mass is 391 g/mol. The van der Waals surface area contributed by atoms with Crippen LogP contribution in [0.3, 0.4) is 0 Å². The van der Waals surface area contributed by atoms with E-state index >= 15 is 0 Å². The molecule has 0 aromatic heterocycles. The molecule has 0 aliphatic carbocycles. The zero-order valence-corrected chi connectivity index (χ0v) is 15.9. The minimum Gasteiger partial charge on any atom is -0.454 e. The molecule has 2 aromatic rings. The highest BCUT2D eigenvalue weighted by molar-refractivity contribution is 7.90. The van der Waals surface area contributed by atoms with Crippen molar-refractivity contribution in [3.63, 3.8) is 0 Å². The van der Waals surface area contributed by atoms with Crippen molar-refractivity contribution in [3.8, 4) is 11.5 Å². The van der Waals surface area contributed by atoms with Crippen LogP contribution >= 0.6 is 0 Å². The van der Waals surface area contributed by atoms with Gasteiger partial charge in [-0.15, -0.1) is 0 Å². The first-order valence-electron chi connectivity index (χ1n) is 8.28. The van der Waals surface area contributed by atoms with Crippen LogP contribution in [0.15, 0.2) is 48.5 Å². The molecule has 1 aliphatic rings. The summed E-state index contributed by atoms with van der Waals surface area (Å²) in [5.41, 5.74) is 1.25. The van der Waals surface area contributed by atoms with Crippen molar-refractivity contribution in [1.82, 2.24) is 9.62 Å². The fourth-order valence-electron chi connectivity index (χ4n) is 2.54. The van der Waals surface area contributed by atoms with Gasteiger partial charge in [0.05, 0.1) is 5.69 Å². The van der Waals surface area contributed by atoms with Crippen LogP contribution in [0.25, 0.3) is 0 Å². The molecule has 0 spiro atoms. The lowest BCUT2D eigenvalue weighted by Gasteiger charge is -2.26. The Morgan fingerprint density at radius 1 is 1.07 bits per heavy atom. The van der Waals surface area contributed by atoms with Crippen molar-refractivity contribution in [1.29, 1.82) is 0 Å². The predicted molar refractivity (Wildman–Crippen MR) is 101 cm³/mol. The third-order valence-electron chi connectivity index (χ3n) is 4.00. The van der Waals surface area contributed by atoms with Crippen molar-refractivity contribution < 1.29 is 22.7 Å². The van der Waals surface area contributed by atoms with E-state index in [1.807, 2.05) is 6.07 Å². The molecule has 0 saturated heterocycles. The molecule has 0 saturated carbocycles. The molecule has 9 heteroatoms. The zero-order valence-electron chi connectivity index (χ0n) is 15.1. The first-order chi connectivity index (χ1) is 12.9. The Morgan fingerprint density at radius 2 is 1.78 bits per heavy atom. The number of nitrogens with zero attached hydrogens (tertiary/aromatic N) is 2. The van der Waals surface area contributed by atoms with E-state index in [0.717, 1.165) is 14.2 Å². The molecule has 1 N–H and O–H groups in total. The normalized spacial score (nSPS) is 12.9. The van der Waals surface area contributed by atoms with Gasteiger partial charge in [0.1, 0.15) is 6.54 Å². The van der Waals surface area contributed by atoms with E-state index in [9.17, 15) is 13.2 Å². The van der Waals surface area contributed by atoms with Crippen molar-refractivity contribution >= 4 is 21.8 Å². The second-order valence-corrected chi connectivity index (χ2v) is 8.16. The topological polar surface area (TPSA) is 88.2 Å². The number of amides is 1. The Bertz CT molecular complexity index is 916. The van der Waals surface area contributed by atoms with Gasteiger partial charge in [-0.1, -0.05) is 24.3 Å². The van der Waals surface area contributed by atoms with E-state index in [4.69, 9.17) is 9.47 Å². The fraction of sp³-hybridized carbons (Fsp3) is 0.278. The average molecular weight is 391 g/mol. The first-order valence-corrected chi connectivity index (χ1v) is 9.68. The number of hydrogen-bond acceptors (Lipinski definition) is 5. The summed E-state index contributed by atoms with van der Waals surface area (Å²) >= 11 is 0. The van der Waals surface area contributed by atoms with E-state index in [0.29, 0.717) is 17.2 Å². The molecule has 1 amide bonds. The van der Waals surface area contributed by atoms with Crippen LogP contribution < -0.4 is 19.1 Å². The largest absolute Gasteiger partial charge is 0.454 e. The lowest BCUT2D eigenvalue weighted by atomic mass is 10.2. The van der Waals surface area contributed by atoms with Crippen LogP contribution in [-0.4, -0.2) is 46.1 Å². The maximum atomic E-state index is 12.6. The van der Waals surface area contributed by atoms with Crippen molar-refractivity contribution in [2.75, 3.05) is 31.7 Å². The number of ether oxygens (including phenoxy) is 2. The van der Waals surface area contributed by atoms with Crippen molar-refractivity contribution in [3.05, 3.63) is 54.1 Å². The summed E-state index contributed by atoms with van der Waals surface area (Å²) in [4.78, 5) is 12.4. The Labute approximate surface area is 158 Å². The molecule has 27 heavy (non-hydrogen) atoms. The number of para-hydroxylation sites is 1. The number of anilines is 1. The number of nitrogens with one attached hydrogen (secondary N) is 1. The van der Waals surface area contributed by atoms with E-state index in [1.165, 1.54) is 14.1 Å². The highest BCUT2D eigenvalue weighted by Gasteiger charge is 2.27. The second kappa shape index (κ2) is 7.85. The number of fused-ring (bicyclic) bond motifs is 1. The Kier molecular flexibility index (Phi) is 5.52. The van der Waals surface area contributed by atoms with Gasteiger partial charge in [-0.25, -0.2) is 4.31 Å². The summed E-state index contributed by atoms with van der Waals surface area (Å²) in [5, 5.41) is 2.74. The molecule has 0 radical (unpaired) electrons. The van der Waals surface area contributed by atoms with Gasteiger partial charge in [-0.2, -0.15) is 12.7 Å². The quantitative estimate of drug-likeness (QED) is 0.770. The lowest BCUT2D eigenvalue weighted by molar-refractivity contribution is -0.119. The molecular weight excluding hydrogens is 370 g/mol. The van der Waals surface area contributed by atoms with Gasteiger partial charge in [0.25, 0.3) is 0 Å². The maximum absolute atomic E-state index is 12.6. The predicted octanol–water partition coefficient (Wildman–Crippen LogP) is 1.34. The molecule has 1 aliphatic heterocycles. The Hall–Kier alpha value is -2.78. The summed E-state index contributed by atoms with van der Waals surface area (Å²) in [7, 11) is -0.956. The summed E-state index contributed by atoms with van der Waals surface area (Å²) < 4.78 is 37.9. The zero-order chi connectivity index (χ0) is 19.4. The lowest BCUT2D eigenvalue weighted by Crippen LogP contribution is -2.45. The van der Waals surface area contributed by atoms with Crippen LogP contribution in [-0.2, 0) is 21.5 Å². The van der Waals surface area contributed by atoms with E-state index in [-0.39, 0.29) is 19.9 Å². The molecule has 0 atom stereocenters. The minimum atomic E-state index is -3.81. The summed E-state index contributed by atoms with van der Waals surface area (Å²) in [6.07, 6.45) is 0. The Morgan fingerprint density at radius 3 is 2.48 bits per heavy atom. The number of carbonyl (C=O) groups is 1. The molecule has 8 nitrogen and oxygen atoms in total. The third-order valence-corrected chi connectivity index (χ3v) is 5.82. The molecular formula is C18H21N3O5S. The van der Waals surface area contributed by atoms with Gasteiger partial charge in [0, 0.05) is 20.6 Å². The minimum absolute atomic E-state index is 0.180. The summed E-state index contributed by atoms with van der Waals surface area (Å²) in [6.45, 7) is 0.106. The molecule has 2 aromatic carbocycles. The molecule has 3 rings (SSSR count). The number of hydrogen-bond donors (Lipinski definition) is 1. The van der Waals surface area contributed by atoms with Gasteiger partial charge in [0.15, 0.2) is 11.5 Å². The highest BCUT2D eigenvalue weighted by atomic mass is 32.2. The highest BCUT2D eigenvalue weighted by Crippen LogP contribution is 2.32. The maximum Gasteiger partial charge on any atom is 0.304 e. The van der Waals surface area contributed by atoms with Crippen LogP contribution in [0, 0.1) is 0 Å². The van der Waals surface area contributed by atoms with Gasteiger partial charge < -0.3 is 14.8 Å². The van der Waals surface area contributed by atoms with E-state index in [2.05, 4.69) is 5.32 Å². The van der Waals surface area contributed by atoms with Gasteiger partial charge in [-0.05, 0) is 29.8 Å². The number of rotatable bonds is 7. The van der Waals surface area contributed by atoms with Crippen LogP contribution in [0.4, 0.5) is 5.69 Å². The summed E-state index contributed by atoms with van der Waals surface area (Å²) in [6, 6.07) is 13.9. The van der Waals surface area contributed by atoms with E-state index < -0.39 is 16.1 Å². The second-order valence-electron chi connectivity index (χ2n) is 6.10. The molecule has 1 heterocycles. The summed E-state index contributed by atoms with van der Waals surface area (Å²) in [5.74, 6) is 0.877. The average Bonchev–Trinajstić information content (AvgIpc) is 3.12. The molecule has 144 valence electrons. The van der Waals surface area contributed by atoms with Crippen molar-refractivity contribution in [2.45, 2.75) is 6.54 Å². The molecule has 0 unspecified atom stereocenters. The van der Waals surface area contributed by atoms with Gasteiger partial charge >= 0.3 is 10.2 Å². The fourth-order valence-corrected chi connectivity index (χ4v) is 3.60. The SMILES string of the molecule is CN(C)S(=O)(=O)N(CC(=O)NCc1ccc2c(c1)OCO2)c1ccccc1. The molecule has 0 fully saturated rings. The van der Waals surface area contributed by atoms with Gasteiger partial charge in [0.2, 0.25) is 12.7 Å². The van der Waals surface area contributed by atoms with Crippen molar-refractivity contribution in [2.24, 2.45) is 0 Å². The third kappa shape index (κ3) is 4.32. The smallest absolute Gasteiger partial charge is 0.304 e. The van der Waals surface area contributed by atoms with Crippen LogP contribution in [0.1, 0.15) is 5.56 Å². The van der Waals surface area contributed by atoms with E-state index in [1.54, 1.807) is 42.5 Å².